The molecule has 3 aliphatic rings. The second-order valence-corrected chi connectivity index (χ2v) is 8.84. The second-order valence-electron chi connectivity index (χ2n) is 8.84. The van der Waals surface area contributed by atoms with Gasteiger partial charge in [-0.1, -0.05) is 30.3 Å². The maximum Gasteiger partial charge on any atom is 0.193 e. The van der Waals surface area contributed by atoms with Crippen LogP contribution >= 0.6 is 0 Å². The zero-order valence-electron chi connectivity index (χ0n) is 18.1. The van der Waals surface area contributed by atoms with Gasteiger partial charge in [0.05, 0.1) is 12.7 Å². The highest BCUT2D eigenvalue weighted by atomic mass is 16.5. The molecule has 3 unspecified atom stereocenters. The predicted molar refractivity (Wildman–Crippen MR) is 118 cm³/mol. The standard InChI is InChI=1S/C23H37N5O/c1-24-23(25-15-21-18-26(2)13-14-29-21)28-12-10-22-20(17-28)9-6-11-27(22)16-19-7-4-3-5-8-19/h3-5,7-8,20-22H,6,9-18H2,1-2H3,(H,24,25). The summed E-state index contributed by atoms with van der Waals surface area (Å²) >= 11 is 0. The number of benzene rings is 1. The number of fused-ring (bicyclic) bond motifs is 1. The van der Waals surface area contributed by atoms with Crippen LogP contribution in [-0.2, 0) is 11.3 Å². The van der Waals surface area contributed by atoms with Gasteiger partial charge in [-0.2, -0.15) is 0 Å². The number of rotatable bonds is 4. The summed E-state index contributed by atoms with van der Waals surface area (Å²) in [7, 11) is 4.07. The van der Waals surface area contributed by atoms with E-state index in [2.05, 4.69) is 62.4 Å². The lowest BCUT2D eigenvalue weighted by molar-refractivity contribution is -0.0167. The molecule has 1 aromatic carbocycles. The van der Waals surface area contributed by atoms with Crippen molar-refractivity contribution in [1.82, 2.24) is 20.0 Å². The molecule has 3 aliphatic heterocycles. The molecule has 1 N–H and O–H groups in total. The van der Waals surface area contributed by atoms with Crippen LogP contribution in [0.5, 0.6) is 0 Å². The van der Waals surface area contributed by atoms with Crippen LogP contribution in [0.25, 0.3) is 0 Å². The molecular weight excluding hydrogens is 362 g/mol. The normalized spacial score (nSPS) is 29.5. The summed E-state index contributed by atoms with van der Waals surface area (Å²) in [4.78, 5) is 12.1. The molecule has 3 fully saturated rings. The van der Waals surface area contributed by atoms with Gasteiger partial charge in [-0.25, -0.2) is 0 Å². The summed E-state index contributed by atoms with van der Waals surface area (Å²) < 4.78 is 5.90. The Morgan fingerprint density at radius 2 is 2.00 bits per heavy atom. The van der Waals surface area contributed by atoms with E-state index in [0.717, 1.165) is 57.8 Å². The molecule has 3 atom stereocenters. The van der Waals surface area contributed by atoms with E-state index in [4.69, 9.17) is 4.74 Å². The van der Waals surface area contributed by atoms with Crippen LogP contribution in [0.2, 0.25) is 0 Å². The average Bonchev–Trinajstić information content (AvgIpc) is 2.75. The lowest BCUT2D eigenvalue weighted by Gasteiger charge is -2.48. The molecule has 0 aliphatic carbocycles. The predicted octanol–water partition coefficient (Wildman–Crippen LogP) is 1.88. The van der Waals surface area contributed by atoms with Crippen LogP contribution in [0.1, 0.15) is 24.8 Å². The molecule has 0 saturated carbocycles. The molecule has 0 bridgehead atoms. The van der Waals surface area contributed by atoms with Gasteiger partial charge >= 0.3 is 0 Å². The molecule has 29 heavy (non-hydrogen) atoms. The molecule has 1 aromatic rings. The van der Waals surface area contributed by atoms with Crippen molar-refractivity contribution in [2.24, 2.45) is 10.9 Å². The molecule has 4 rings (SSSR count). The Morgan fingerprint density at radius 1 is 1.14 bits per heavy atom. The summed E-state index contributed by atoms with van der Waals surface area (Å²) in [6, 6.07) is 11.6. The third-order valence-corrected chi connectivity index (χ3v) is 6.75. The topological polar surface area (TPSA) is 43.3 Å². The molecule has 0 amide bonds. The van der Waals surface area contributed by atoms with Crippen LogP contribution in [0.4, 0.5) is 0 Å². The third-order valence-electron chi connectivity index (χ3n) is 6.75. The van der Waals surface area contributed by atoms with Crippen molar-refractivity contribution < 1.29 is 4.74 Å². The Bertz CT molecular complexity index is 666. The fourth-order valence-electron chi connectivity index (χ4n) is 5.24. The van der Waals surface area contributed by atoms with Crippen molar-refractivity contribution in [1.29, 1.82) is 0 Å². The van der Waals surface area contributed by atoms with Gasteiger partial charge in [0.1, 0.15) is 0 Å². The number of nitrogens with one attached hydrogen (secondary N) is 1. The summed E-state index contributed by atoms with van der Waals surface area (Å²) in [5.74, 6) is 1.78. The molecule has 3 heterocycles. The molecule has 160 valence electrons. The quantitative estimate of drug-likeness (QED) is 0.619. The number of hydrogen-bond donors (Lipinski definition) is 1. The number of piperidine rings is 2. The molecule has 0 radical (unpaired) electrons. The van der Waals surface area contributed by atoms with Gasteiger partial charge in [0.25, 0.3) is 0 Å². The minimum atomic E-state index is 0.249. The molecule has 3 saturated heterocycles. The fraction of sp³-hybridized carbons (Fsp3) is 0.696. The van der Waals surface area contributed by atoms with E-state index >= 15 is 0 Å². The maximum absolute atomic E-state index is 5.90. The zero-order valence-corrected chi connectivity index (χ0v) is 18.1. The summed E-state index contributed by atoms with van der Waals surface area (Å²) in [6.07, 6.45) is 4.11. The van der Waals surface area contributed by atoms with Crippen molar-refractivity contribution in [3.05, 3.63) is 35.9 Å². The van der Waals surface area contributed by atoms with Gasteiger partial charge in [0, 0.05) is 52.4 Å². The van der Waals surface area contributed by atoms with E-state index in [-0.39, 0.29) is 6.10 Å². The first-order valence-electron chi connectivity index (χ1n) is 11.3. The Kier molecular flexibility index (Phi) is 7.06. The van der Waals surface area contributed by atoms with Crippen LogP contribution in [0.3, 0.4) is 0 Å². The van der Waals surface area contributed by atoms with E-state index in [1.54, 1.807) is 0 Å². The van der Waals surface area contributed by atoms with E-state index in [1.807, 2.05) is 7.05 Å². The number of aliphatic imine (C=N–C) groups is 1. The number of guanidine groups is 1. The maximum atomic E-state index is 5.90. The number of likely N-dealkylation sites (N-methyl/N-ethyl adjacent to an activating group) is 1. The Morgan fingerprint density at radius 3 is 2.79 bits per heavy atom. The largest absolute Gasteiger partial charge is 0.374 e. The second kappa shape index (κ2) is 9.92. The first-order valence-corrected chi connectivity index (χ1v) is 11.3. The molecule has 0 spiro atoms. The van der Waals surface area contributed by atoms with Gasteiger partial charge in [-0.15, -0.1) is 0 Å². The Labute approximate surface area is 175 Å². The summed E-state index contributed by atoms with van der Waals surface area (Å²) in [5, 5.41) is 3.59. The van der Waals surface area contributed by atoms with Crippen molar-refractivity contribution in [3.63, 3.8) is 0 Å². The van der Waals surface area contributed by atoms with Crippen molar-refractivity contribution in [2.45, 2.75) is 38.0 Å². The molecular formula is C23H37N5O. The smallest absolute Gasteiger partial charge is 0.193 e. The summed E-state index contributed by atoms with van der Waals surface area (Å²) in [6.45, 7) is 8.19. The Balaban J connectivity index is 1.31. The van der Waals surface area contributed by atoms with E-state index in [1.165, 1.54) is 31.4 Å². The SMILES string of the molecule is CN=C(NCC1CN(C)CCO1)N1CCC2C(CCCN2Cc2ccccc2)C1. The van der Waals surface area contributed by atoms with Gasteiger partial charge in [0.15, 0.2) is 5.96 Å². The minimum Gasteiger partial charge on any atom is -0.374 e. The van der Waals surface area contributed by atoms with E-state index < -0.39 is 0 Å². The Hall–Kier alpha value is -1.63. The van der Waals surface area contributed by atoms with Gasteiger partial charge in [-0.05, 0) is 44.3 Å². The van der Waals surface area contributed by atoms with Crippen molar-refractivity contribution in [3.8, 4) is 0 Å². The van der Waals surface area contributed by atoms with Crippen LogP contribution in [0, 0.1) is 5.92 Å². The fourth-order valence-corrected chi connectivity index (χ4v) is 5.24. The lowest BCUT2D eigenvalue weighted by Crippen LogP contribution is -2.57. The van der Waals surface area contributed by atoms with Gasteiger partial charge in [-0.3, -0.25) is 9.89 Å². The number of ether oxygens (including phenoxy) is 1. The van der Waals surface area contributed by atoms with Crippen molar-refractivity contribution in [2.75, 3.05) is 60.0 Å². The van der Waals surface area contributed by atoms with Gasteiger partial charge in [0.2, 0.25) is 0 Å². The molecule has 0 aromatic heterocycles. The number of hydrogen-bond acceptors (Lipinski definition) is 4. The van der Waals surface area contributed by atoms with Gasteiger partial charge < -0.3 is 19.9 Å². The number of morpholine rings is 1. The first kappa shape index (κ1) is 20.6. The lowest BCUT2D eigenvalue weighted by atomic mass is 9.83. The highest BCUT2D eigenvalue weighted by Crippen LogP contribution is 2.31. The third kappa shape index (κ3) is 5.30. The molecule has 6 nitrogen and oxygen atoms in total. The number of nitrogens with zero attached hydrogens (tertiary/aromatic N) is 4. The van der Waals surface area contributed by atoms with E-state index in [9.17, 15) is 0 Å². The molecule has 6 heteroatoms. The van der Waals surface area contributed by atoms with Crippen molar-refractivity contribution >= 4 is 5.96 Å². The highest BCUT2D eigenvalue weighted by molar-refractivity contribution is 5.80. The monoisotopic (exact) mass is 399 g/mol. The minimum absolute atomic E-state index is 0.249. The number of likely N-dealkylation sites (tertiary alicyclic amines) is 2. The van der Waals surface area contributed by atoms with E-state index in [0.29, 0.717) is 6.04 Å². The first-order chi connectivity index (χ1) is 14.2. The van der Waals surface area contributed by atoms with Crippen LogP contribution < -0.4 is 5.32 Å². The highest BCUT2D eigenvalue weighted by Gasteiger charge is 2.36. The summed E-state index contributed by atoms with van der Waals surface area (Å²) in [5.41, 5.74) is 1.44. The van der Waals surface area contributed by atoms with Crippen LogP contribution in [-0.4, -0.2) is 92.8 Å². The zero-order chi connectivity index (χ0) is 20.1. The van der Waals surface area contributed by atoms with Crippen LogP contribution in [0.15, 0.2) is 35.3 Å². The average molecular weight is 400 g/mol.